The fourth-order valence-corrected chi connectivity index (χ4v) is 8.74. The van der Waals surface area contributed by atoms with Gasteiger partial charge in [-0.3, -0.25) is 18.6 Å². The van der Waals surface area contributed by atoms with Gasteiger partial charge in [0, 0.05) is 10.0 Å². The van der Waals surface area contributed by atoms with Crippen molar-refractivity contribution < 1.29 is 26.8 Å². The quantitative estimate of drug-likeness (QED) is 0.222. The molecule has 0 radical (unpaired) electrons. The molecule has 0 aromatic heterocycles. The predicted octanol–water partition coefficient (Wildman–Crippen LogP) is 7.29. The second-order valence-corrected chi connectivity index (χ2v) is 13.4. The van der Waals surface area contributed by atoms with Gasteiger partial charge >= 0.3 is 7.60 Å². The highest BCUT2D eigenvalue weighted by Gasteiger charge is 2.37. The number of rotatable bonds is 10. The minimum atomic E-state index is -4.36. The highest BCUT2D eigenvalue weighted by atomic mass is 35.5. The summed E-state index contributed by atoms with van der Waals surface area (Å²) in [6.07, 6.45) is -0.595. The summed E-state index contributed by atoms with van der Waals surface area (Å²) in [7, 11) is -8.25. The molecule has 0 N–H and O–H groups in total. The van der Waals surface area contributed by atoms with Gasteiger partial charge in [-0.1, -0.05) is 46.9 Å². The van der Waals surface area contributed by atoms with Gasteiger partial charge in [-0.15, -0.1) is 0 Å². The second-order valence-electron chi connectivity index (χ2n) is 8.22. The van der Waals surface area contributed by atoms with Crippen LogP contribution in [0.25, 0.3) is 0 Å². The van der Waals surface area contributed by atoms with Gasteiger partial charge in [-0.05, 0) is 67.9 Å². The van der Waals surface area contributed by atoms with Crippen LogP contribution in [-0.4, -0.2) is 33.8 Å². The lowest BCUT2D eigenvalue weighted by Gasteiger charge is -2.29. The fourth-order valence-electron chi connectivity index (χ4n) is 4.13. The highest BCUT2D eigenvalue weighted by molar-refractivity contribution is 7.93. The molecule has 38 heavy (non-hydrogen) atoms. The predicted molar refractivity (Wildman–Crippen MR) is 151 cm³/mol. The number of carbonyl (C=O) groups excluding carboxylic acids is 1. The first kappa shape index (κ1) is 28.9. The molecule has 3 aromatic carbocycles. The zero-order valence-electron chi connectivity index (χ0n) is 20.4. The second kappa shape index (κ2) is 11.6. The van der Waals surface area contributed by atoms with E-state index in [1.807, 2.05) is 0 Å². The molecule has 1 aliphatic rings. The Balaban J connectivity index is 1.84. The summed E-state index contributed by atoms with van der Waals surface area (Å²) in [5.41, 5.74) is 1.81. The number of hydrogen-bond donors (Lipinski definition) is 0. The van der Waals surface area contributed by atoms with Gasteiger partial charge in [0.2, 0.25) is 5.91 Å². The number of anilines is 3. The maximum absolute atomic E-state index is 13.9. The molecule has 0 fully saturated rings. The largest absolute Gasteiger partial charge is 0.350 e. The minimum absolute atomic E-state index is 0.0137. The summed E-state index contributed by atoms with van der Waals surface area (Å²) in [6, 6.07) is 15.5. The smallest absolute Gasteiger partial charge is 0.308 e. The first-order valence-electron chi connectivity index (χ1n) is 11.6. The van der Waals surface area contributed by atoms with E-state index >= 15 is 0 Å². The average molecular weight is 618 g/mol. The van der Waals surface area contributed by atoms with Crippen molar-refractivity contribution >= 4 is 75.4 Å². The Morgan fingerprint density at radius 2 is 1.55 bits per heavy atom. The van der Waals surface area contributed by atoms with Crippen LogP contribution in [0.3, 0.4) is 0 Å². The molecule has 0 spiro atoms. The molecule has 0 saturated carbocycles. The van der Waals surface area contributed by atoms with Crippen LogP contribution in [0.15, 0.2) is 65.6 Å². The van der Waals surface area contributed by atoms with E-state index in [-0.39, 0.29) is 46.2 Å². The molecule has 4 rings (SSSR count). The molecule has 0 aliphatic carbocycles. The molecule has 0 atom stereocenters. The first-order valence-corrected chi connectivity index (χ1v) is 15.9. The SMILES string of the molecule is CCOP(=O)(CN(c1ccc2c(c1)CC(=O)N2c1ccccc1Cl)S(=O)(=O)c1cc(Cl)cc(Cl)c1)OCC. The van der Waals surface area contributed by atoms with Gasteiger partial charge in [-0.25, -0.2) is 8.42 Å². The maximum atomic E-state index is 13.9. The lowest BCUT2D eigenvalue weighted by Crippen LogP contribution is -2.33. The third kappa shape index (κ3) is 5.89. The van der Waals surface area contributed by atoms with Gasteiger partial charge in [0.15, 0.2) is 0 Å². The van der Waals surface area contributed by atoms with E-state index in [1.54, 1.807) is 50.2 Å². The third-order valence-electron chi connectivity index (χ3n) is 5.65. The summed E-state index contributed by atoms with van der Waals surface area (Å²) >= 11 is 18.5. The summed E-state index contributed by atoms with van der Waals surface area (Å²) < 4.78 is 53.0. The van der Waals surface area contributed by atoms with Crippen LogP contribution < -0.4 is 9.21 Å². The van der Waals surface area contributed by atoms with Crippen molar-refractivity contribution in [1.82, 2.24) is 0 Å². The lowest BCUT2D eigenvalue weighted by atomic mass is 10.1. The fraction of sp³-hybridized carbons (Fsp3) is 0.240. The van der Waals surface area contributed by atoms with Crippen molar-refractivity contribution in [2.45, 2.75) is 25.2 Å². The third-order valence-corrected chi connectivity index (χ3v) is 10.3. The van der Waals surface area contributed by atoms with Crippen LogP contribution >= 0.6 is 42.4 Å². The van der Waals surface area contributed by atoms with Gasteiger partial charge in [0.25, 0.3) is 10.0 Å². The lowest BCUT2D eigenvalue weighted by molar-refractivity contribution is -0.116. The molecule has 0 saturated heterocycles. The molecular formula is C25H24Cl3N2O6PS. The Hall–Kier alpha value is -2.10. The molecule has 202 valence electrons. The van der Waals surface area contributed by atoms with Crippen LogP contribution in [0.4, 0.5) is 17.1 Å². The number of hydrogen-bond acceptors (Lipinski definition) is 6. The monoisotopic (exact) mass is 616 g/mol. The molecule has 13 heteroatoms. The van der Waals surface area contributed by atoms with Crippen LogP contribution in [0.5, 0.6) is 0 Å². The van der Waals surface area contributed by atoms with Crippen molar-refractivity contribution in [3.63, 3.8) is 0 Å². The topological polar surface area (TPSA) is 93.2 Å². The average Bonchev–Trinajstić information content (AvgIpc) is 3.17. The van der Waals surface area contributed by atoms with Crippen molar-refractivity contribution in [2.24, 2.45) is 0 Å². The highest BCUT2D eigenvalue weighted by Crippen LogP contribution is 2.51. The van der Waals surface area contributed by atoms with Crippen molar-refractivity contribution in [1.29, 1.82) is 0 Å². The number of benzene rings is 3. The van der Waals surface area contributed by atoms with Crippen molar-refractivity contribution in [3.8, 4) is 0 Å². The molecular weight excluding hydrogens is 594 g/mol. The Labute approximate surface area is 236 Å². The van der Waals surface area contributed by atoms with Crippen LogP contribution in [-0.2, 0) is 34.9 Å². The first-order chi connectivity index (χ1) is 18.0. The zero-order valence-corrected chi connectivity index (χ0v) is 24.4. The van der Waals surface area contributed by atoms with Gasteiger partial charge in [0.05, 0.1) is 46.6 Å². The number of carbonyl (C=O) groups is 1. The van der Waals surface area contributed by atoms with E-state index in [2.05, 4.69) is 0 Å². The number of sulfonamides is 1. The van der Waals surface area contributed by atoms with E-state index in [0.717, 1.165) is 4.31 Å². The Morgan fingerprint density at radius 3 is 2.16 bits per heavy atom. The Bertz CT molecular complexity index is 1500. The standard InChI is InChI=1S/C25H24Cl3N2O6PS/c1-3-35-37(32,36-4-2)16-29(38(33,34)21-14-18(26)13-19(27)15-21)20-9-10-23-17(11-20)12-25(31)30(23)24-8-6-5-7-22(24)28/h5-11,13-15H,3-4,12,16H2,1-2H3. The molecule has 1 aliphatic heterocycles. The number of amides is 1. The number of para-hydroxylation sites is 1. The van der Waals surface area contributed by atoms with E-state index < -0.39 is 23.9 Å². The van der Waals surface area contributed by atoms with E-state index in [1.165, 1.54) is 29.2 Å². The Kier molecular flexibility index (Phi) is 8.79. The molecule has 1 heterocycles. The summed E-state index contributed by atoms with van der Waals surface area (Å²) in [4.78, 5) is 14.3. The minimum Gasteiger partial charge on any atom is -0.308 e. The van der Waals surface area contributed by atoms with Gasteiger partial charge in [0.1, 0.15) is 6.29 Å². The van der Waals surface area contributed by atoms with Crippen molar-refractivity contribution in [3.05, 3.63) is 81.3 Å². The van der Waals surface area contributed by atoms with Gasteiger partial charge in [-0.2, -0.15) is 0 Å². The summed E-state index contributed by atoms with van der Waals surface area (Å²) in [5.74, 6) is -0.226. The van der Waals surface area contributed by atoms with E-state index in [9.17, 15) is 17.8 Å². The van der Waals surface area contributed by atoms with E-state index in [4.69, 9.17) is 43.9 Å². The molecule has 0 unspecified atom stereocenters. The Morgan fingerprint density at radius 1 is 0.921 bits per heavy atom. The summed E-state index contributed by atoms with van der Waals surface area (Å²) in [6.45, 7) is 3.34. The number of halogens is 3. The normalized spacial score (nSPS) is 13.6. The number of fused-ring (bicyclic) bond motifs is 1. The molecule has 1 amide bonds. The number of nitrogens with zero attached hydrogens (tertiary/aromatic N) is 2. The molecule has 3 aromatic rings. The van der Waals surface area contributed by atoms with Gasteiger partial charge < -0.3 is 9.05 Å². The van der Waals surface area contributed by atoms with Crippen LogP contribution in [0.2, 0.25) is 15.1 Å². The van der Waals surface area contributed by atoms with Crippen LogP contribution in [0.1, 0.15) is 19.4 Å². The maximum Gasteiger partial charge on any atom is 0.350 e. The zero-order chi connectivity index (χ0) is 27.7. The molecule has 8 nitrogen and oxygen atoms in total. The van der Waals surface area contributed by atoms with Crippen molar-refractivity contribution in [2.75, 3.05) is 28.7 Å². The molecule has 0 bridgehead atoms. The summed E-state index contributed by atoms with van der Waals surface area (Å²) in [5, 5.41) is 0.627. The van der Waals surface area contributed by atoms with E-state index in [0.29, 0.717) is 22.0 Å². The van der Waals surface area contributed by atoms with Crippen LogP contribution in [0, 0.1) is 0 Å².